The Balaban J connectivity index is 1.93. The first kappa shape index (κ1) is 12.2. The molecule has 17 heavy (non-hydrogen) atoms. The Labute approximate surface area is 103 Å². The number of rotatable bonds is 3. The van der Waals surface area contributed by atoms with Crippen LogP contribution in [0, 0.1) is 0 Å². The number of nitrogens with zero attached hydrogens (tertiary/aromatic N) is 2. The number of hydrogen-bond donors (Lipinski definition) is 1. The van der Waals surface area contributed by atoms with E-state index in [2.05, 4.69) is 34.4 Å². The Hall–Kier alpha value is -1.29. The summed E-state index contributed by atoms with van der Waals surface area (Å²) in [4.78, 5) is 6.76. The van der Waals surface area contributed by atoms with Gasteiger partial charge >= 0.3 is 0 Å². The molecular formula is C13H21N3O. The van der Waals surface area contributed by atoms with Crippen LogP contribution >= 0.6 is 0 Å². The van der Waals surface area contributed by atoms with Gasteiger partial charge < -0.3 is 10.1 Å². The summed E-state index contributed by atoms with van der Waals surface area (Å²) in [6.07, 6.45) is 8.60. The Morgan fingerprint density at radius 1 is 1.59 bits per heavy atom. The van der Waals surface area contributed by atoms with Crippen molar-refractivity contribution >= 4 is 5.90 Å². The molecule has 1 unspecified atom stereocenters. The lowest BCUT2D eigenvalue weighted by molar-refractivity contribution is 0.253. The molecule has 0 spiro atoms. The maximum Gasteiger partial charge on any atom is 0.212 e. The van der Waals surface area contributed by atoms with Crippen molar-refractivity contribution in [2.24, 2.45) is 4.99 Å². The van der Waals surface area contributed by atoms with Gasteiger partial charge in [-0.05, 0) is 26.1 Å². The number of dihydropyridines is 1. The van der Waals surface area contributed by atoms with Crippen LogP contribution in [-0.4, -0.2) is 50.6 Å². The molecule has 4 nitrogen and oxygen atoms in total. The standard InChI is InChI=1S/C13H21N3O/c1-16(12-6-4-7-14-9-12)10-11-5-3-8-15-13(11)17-2/h4-5,7,12,14H,3,6,8-10H2,1-2H3. The molecule has 0 amide bonds. The summed E-state index contributed by atoms with van der Waals surface area (Å²) in [5.41, 5.74) is 1.22. The van der Waals surface area contributed by atoms with Crippen LogP contribution in [0.2, 0.25) is 0 Å². The molecule has 2 aliphatic rings. The van der Waals surface area contributed by atoms with Crippen LogP contribution in [0.3, 0.4) is 0 Å². The fourth-order valence-electron chi connectivity index (χ4n) is 2.25. The van der Waals surface area contributed by atoms with Gasteiger partial charge in [0.2, 0.25) is 5.90 Å². The SMILES string of the molecule is COC1=NCCC=C1CN(C)C1CC=CNC1. The second-order valence-corrected chi connectivity index (χ2v) is 4.52. The Morgan fingerprint density at radius 3 is 3.18 bits per heavy atom. The maximum absolute atomic E-state index is 5.32. The first-order chi connectivity index (χ1) is 8.31. The van der Waals surface area contributed by atoms with Gasteiger partial charge in [-0.3, -0.25) is 9.89 Å². The van der Waals surface area contributed by atoms with Gasteiger partial charge in [0.05, 0.1) is 7.11 Å². The molecule has 0 aromatic carbocycles. The molecule has 1 N–H and O–H groups in total. The number of nitrogens with one attached hydrogen (secondary N) is 1. The van der Waals surface area contributed by atoms with Crippen molar-refractivity contribution in [1.82, 2.24) is 10.2 Å². The largest absolute Gasteiger partial charge is 0.481 e. The minimum atomic E-state index is 0.556. The van der Waals surface area contributed by atoms with E-state index in [-0.39, 0.29) is 0 Å². The number of methoxy groups -OCH3 is 1. The molecule has 0 fully saturated rings. The van der Waals surface area contributed by atoms with Crippen molar-refractivity contribution in [2.45, 2.75) is 18.9 Å². The van der Waals surface area contributed by atoms with Crippen LogP contribution in [0.4, 0.5) is 0 Å². The normalized spacial score (nSPS) is 24.1. The van der Waals surface area contributed by atoms with Crippen LogP contribution < -0.4 is 5.32 Å². The molecule has 0 aromatic rings. The zero-order chi connectivity index (χ0) is 12.1. The predicted molar refractivity (Wildman–Crippen MR) is 70.2 cm³/mol. The lowest BCUT2D eigenvalue weighted by atomic mass is 10.1. The average Bonchev–Trinajstić information content (AvgIpc) is 2.40. The van der Waals surface area contributed by atoms with Crippen molar-refractivity contribution in [3.63, 3.8) is 0 Å². The monoisotopic (exact) mass is 235 g/mol. The van der Waals surface area contributed by atoms with E-state index in [4.69, 9.17) is 4.74 Å². The highest BCUT2D eigenvalue weighted by Crippen LogP contribution is 2.13. The molecule has 2 aliphatic heterocycles. The maximum atomic E-state index is 5.32. The Morgan fingerprint density at radius 2 is 2.47 bits per heavy atom. The molecule has 1 atom stereocenters. The quantitative estimate of drug-likeness (QED) is 0.798. The lowest BCUT2D eigenvalue weighted by Crippen LogP contribution is -2.42. The van der Waals surface area contributed by atoms with E-state index in [1.54, 1.807) is 7.11 Å². The molecule has 0 bridgehead atoms. The Bertz CT molecular complexity index is 347. The summed E-state index contributed by atoms with van der Waals surface area (Å²) in [7, 11) is 3.86. The summed E-state index contributed by atoms with van der Waals surface area (Å²) in [5, 5.41) is 3.28. The van der Waals surface area contributed by atoms with Crippen LogP contribution in [-0.2, 0) is 4.74 Å². The molecule has 2 heterocycles. The second-order valence-electron chi connectivity index (χ2n) is 4.52. The smallest absolute Gasteiger partial charge is 0.212 e. The van der Waals surface area contributed by atoms with Crippen LogP contribution in [0.25, 0.3) is 0 Å². The summed E-state index contributed by atoms with van der Waals surface area (Å²) < 4.78 is 5.32. The van der Waals surface area contributed by atoms with Gasteiger partial charge in [0, 0.05) is 31.2 Å². The third-order valence-corrected chi connectivity index (χ3v) is 3.28. The third-order valence-electron chi connectivity index (χ3n) is 3.28. The number of aliphatic imine (C=N–C) groups is 1. The molecule has 0 saturated heterocycles. The molecule has 0 radical (unpaired) electrons. The fourth-order valence-corrected chi connectivity index (χ4v) is 2.25. The van der Waals surface area contributed by atoms with E-state index >= 15 is 0 Å². The van der Waals surface area contributed by atoms with Gasteiger partial charge in [0.15, 0.2) is 0 Å². The number of hydrogen-bond acceptors (Lipinski definition) is 4. The molecule has 0 saturated carbocycles. The highest BCUT2D eigenvalue weighted by molar-refractivity contribution is 5.94. The summed E-state index contributed by atoms with van der Waals surface area (Å²) in [6.45, 7) is 2.77. The van der Waals surface area contributed by atoms with E-state index in [1.807, 2.05) is 6.20 Å². The van der Waals surface area contributed by atoms with Gasteiger partial charge in [-0.15, -0.1) is 0 Å². The highest BCUT2D eigenvalue weighted by Gasteiger charge is 2.19. The average molecular weight is 235 g/mol. The fraction of sp³-hybridized carbons (Fsp3) is 0.615. The van der Waals surface area contributed by atoms with Crippen molar-refractivity contribution < 1.29 is 4.74 Å². The minimum Gasteiger partial charge on any atom is -0.481 e. The van der Waals surface area contributed by atoms with Crippen molar-refractivity contribution in [3.8, 4) is 0 Å². The van der Waals surface area contributed by atoms with Gasteiger partial charge in [0.1, 0.15) is 0 Å². The lowest BCUT2D eigenvalue weighted by Gasteiger charge is -2.30. The number of ether oxygens (including phenoxy) is 1. The van der Waals surface area contributed by atoms with Gasteiger partial charge in [-0.2, -0.15) is 0 Å². The van der Waals surface area contributed by atoms with E-state index < -0.39 is 0 Å². The zero-order valence-corrected chi connectivity index (χ0v) is 10.6. The van der Waals surface area contributed by atoms with E-state index in [1.165, 1.54) is 5.57 Å². The van der Waals surface area contributed by atoms with Crippen LogP contribution in [0.5, 0.6) is 0 Å². The van der Waals surface area contributed by atoms with Crippen molar-refractivity contribution in [3.05, 3.63) is 23.9 Å². The summed E-state index contributed by atoms with van der Waals surface area (Å²) in [6, 6.07) is 0.556. The second kappa shape index (κ2) is 5.87. The predicted octanol–water partition coefficient (Wildman–Crippen LogP) is 1.17. The minimum absolute atomic E-state index is 0.556. The summed E-state index contributed by atoms with van der Waals surface area (Å²) >= 11 is 0. The van der Waals surface area contributed by atoms with Gasteiger partial charge in [-0.25, -0.2) is 0 Å². The van der Waals surface area contributed by atoms with Crippen LogP contribution in [0.1, 0.15) is 12.8 Å². The van der Waals surface area contributed by atoms with E-state index in [0.717, 1.165) is 38.4 Å². The Kier molecular flexibility index (Phi) is 4.20. The molecule has 2 rings (SSSR count). The van der Waals surface area contributed by atoms with E-state index in [0.29, 0.717) is 6.04 Å². The van der Waals surface area contributed by atoms with Crippen LogP contribution in [0.15, 0.2) is 28.9 Å². The first-order valence-electron chi connectivity index (χ1n) is 6.17. The zero-order valence-electron chi connectivity index (χ0n) is 10.6. The third kappa shape index (κ3) is 3.09. The molecular weight excluding hydrogens is 214 g/mol. The first-order valence-corrected chi connectivity index (χ1v) is 6.17. The highest BCUT2D eigenvalue weighted by atomic mass is 16.5. The van der Waals surface area contributed by atoms with Crippen molar-refractivity contribution in [2.75, 3.05) is 33.8 Å². The van der Waals surface area contributed by atoms with Gasteiger partial charge in [-0.1, -0.05) is 12.2 Å². The molecule has 94 valence electrons. The van der Waals surface area contributed by atoms with Crippen molar-refractivity contribution in [1.29, 1.82) is 0 Å². The number of likely N-dealkylation sites (N-methyl/N-ethyl adjacent to an activating group) is 1. The molecule has 4 heteroatoms. The molecule has 0 aromatic heterocycles. The van der Waals surface area contributed by atoms with Gasteiger partial charge in [0.25, 0.3) is 0 Å². The summed E-state index contributed by atoms with van der Waals surface area (Å²) in [5.74, 6) is 0.808. The van der Waals surface area contributed by atoms with E-state index in [9.17, 15) is 0 Å². The molecule has 0 aliphatic carbocycles. The topological polar surface area (TPSA) is 36.9 Å².